The van der Waals surface area contributed by atoms with Crippen LogP contribution in [-0.4, -0.2) is 60.4 Å². The second-order valence-electron chi connectivity index (χ2n) is 6.98. The van der Waals surface area contributed by atoms with Gasteiger partial charge < -0.3 is 15.4 Å². The van der Waals surface area contributed by atoms with Gasteiger partial charge in [-0.2, -0.15) is 0 Å². The van der Waals surface area contributed by atoms with E-state index in [0.717, 1.165) is 36.9 Å². The van der Waals surface area contributed by atoms with Crippen LogP contribution < -0.4 is 10.6 Å². The molecule has 1 unspecified atom stereocenters. The Hall–Kier alpha value is -1.57. The van der Waals surface area contributed by atoms with Gasteiger partial charge in [0, 0.05) is 36.5 Å². The van der Waals surface area contributed by atoms with Crippen molar-refractivity contribution in [2.75, 3.05) is 38.2 Å². The van der Waals surface area contributed by atoms with E-state index in [-0.39, 0.29) is 29.0 Å². The highest BCUT2D eigenvalue weighted by Gasteiger charge is 2.31. The number of carbonyl (C=O) groups excluding carboxylic acids is 2. The van der Waals surface area contributed by atoms with Crippen LogP contribution in [-0.2, 0) is 14.3 Å². The van der Waals surface area contributed by atoms with Crippen molar-refractivity contribution in [2.24, 2.45) is 0 Å². The molecule has 2 aliphatic heterocycles. The fourth-order valence-corrected chi connectivity index (χ4v) is 4.17. The first-order valence-corrected chi connectivity index (χ1v) is 9.50. The Morgan fingerprint density at radius 3 is 2.84 bits per heavy atom. The summed E-state index contributed by atoms with van der Waals surface area (Å²) in [6.45, 7) is 8.02. The van der Waals surface area contributed by atoms with Crippen LogP contribution in [0, 0.1) is 0 Å². The zero-order valence-corrected chi connectivity index (χ0v) is 15.5. The molecule has 2 amide bonds. The molecule has 1 fully saturated rings. The Morgan fingerprint density at radius 2 is 2.08 bits per heavy atom. The molecule has 0 aliphatic carbocycles. The van der Waals surface area contributed by atoms with Gasteiger partial charge in [0.25, 0.3) is 0 Å². The lowest BCUT2D eigenvalue weighted by molar-refractivity contribution is -0.124. The molecular weight excluding hydrogens is 338 g/mol. The second kappa shape index (κ2) is 7.76. The third kappa shape index (κ3) is 4.54. The van der Waals surface area contributed by atoms with Crippen LogP contribution in [0.5, 0.6) is 0 Å². The first-order valence-electron chi connectivity index (χ1n) is 8.62. The minimum absolute atomic E-state index is 0.0895. The summed E-state index contributed by atoms with van der Waals surface area (Å²) in [6.07, 6.45) is 0.185. The van der Waals surface area contributed by atoms with E-state index in [1.54, 1.807) is 0 Å². The number of hydrogen-bond acceptors (Lipinski definition) is 5. The van der Waals surface area contributed by atoms with Gasteiger partial charge in [0.05, 0.1) is 24.2 Å². The molecule has 2 aliphatic rings. The maximum atomic E-state index is 12.4. The van der Waals surface area contributed by atoms with E-state index < -0.39 is 0 Å². The summed E-state index contributed by atoms with van der Waals surface area (Å²) in [6, 6.07) is 7.67. The maximum Gasteiger partial charge on any atom is 0.238 e. The fourth-order valence-electron chi connectivity index (χ4n) is 3.06. The predicted molar refractivity (Wildman–Crippen MR) is 98.8 cm³/mol. The summed E-state index contributed by atoms with van der Waals surface area (Å²) >= 11 is 1.46. The Morgan fingerprint density at radius 1 is 1.36 bits per heavy atom. The highest BCUT2D eigenvalue weighted by molar-refractivity contribution is 8.01. The van der Waals surface area contributed by atoms with E-state index >= 15 is 0 Å². The van der Waals surface area contributed by atoms with Crippen LogP contribution in [0.2, 0.25) is 0 Å². The highest BCUT2D eigenvalue weighted by Crippen LogP contribution is 2.36. The molecule has 0 bridgehead atoms. The summed E-state index contributed by atoms with van der Waals surface area (Å²) < 4.78 is 5.39. The SMILES string of the molecule is CC(C)(CNC(=O)CC1Sc2ccccc2NC1=O)N1CCOCC1. The molecule has 0 spiro atoms. The molecule has 7 heteroatoms. The maximum absolute atomic E-state index is 12.4. The molecule has 2 heterocycles. The quantitative estimate of drug-likeness (QED) is 0.834. The summed E-state index contributed by atoms with van der Waals surface area (Å²) in [5.74, 6) is -0.195. The summed E-state index contributed by atoms with van der Waals surface area (Å²) in [7, 11) is 0. The highest BCUT2D eigenvalue weighted by atomic mass is 32.2. The minimum atomic E-state index is -0.388. The molecule has 136 valence electrons. The van der Waals surface area contributed by atoms with Gasteiger partial charge in [0.1, 0.15) is 0 Å². The molecule has 2 N–H and O–H groups in total. The number of ether oxygens (including phenoxy) is 1. The Labute approximate surface area is 152 Å². The van der Waals surface area contributed by atoms with Crippen LogP contribution in [0.4, 0.5) is 5.69 Å². The summed E-state index contributed by atoms with van der Waals surface area (Å²) in [5, 5.41) is 5.49. The van der Waals surface area contributed by atoms with E-state index in [1.165, 1.54) is 11.8 Å². The molecule has 25 heavy (non-hydrogen) atoms. The third-order valence-corrected chi connectivity index (χ3v) is 5.94. The average molecular weight is 363 g/mol. The van der Waals surface area contributed by atoms with E-state index in [2.05, 4.69) is 29.4 Å². The number of benzene rings is 1. The average Bonchev–Trinajstić information content (AvgIpc) is 2.61. The van der Waals surface area contributed by atoms with Crippen molar-refractivity contribution in [3.63, 3.8) is 0 Å². The summed E-state index contributed by atoms with van der Waals surface area (Å²) in [5.41, 5.74) is 0.691. The largest absolute Gasteiger partial charge is 0.379 e. The summed E-state index contributed by atoms with van der Waals surface area (Å²) in [4.78, 5) is 27.9. The van der Waals surface area contributed by atoms with Crippen LogP contribution in [0.25, 0.3) is 0 Å². The van der Waals surface area contributed by atoms with Gasteiger partial charge in [-0.1, -0.05) is 12.1 Å². The zero-order valence-electron chi connectivity index (χ0n) is 14.7. The van der Waals surface area contributed by atoms with E-state index in [1.807, 2.05) is 24.3 Å². The number of rotatable bonds is 5. The topological polar surface area (TPSA) is 70.7 Å². The first kappa shape index (κ1) is 18.2. The lowest BCUT2D eigenvalue weighted by Gasteiger charge is -2.40. The van der Waals surface area contributed by atoms with Crippen LogP contribution >= 0.6 is 11.8 Å². The van der Waals surface area contributed by atoms with Gasteiger partial charge in [-0.3, -0.25) is 14.5 Å². The fraction of sp³-hybridized carbons (Fsp3) is 0.556. The number of amides is 2. The number of anilines is 1. The molecular formula is C18H25N3O3S. The molecule has 0 saturated carbocycles. The molecule has 0 aromatic heterocycles. The Kier molecular flexibility index (Phi) is 5.66. The number of morpholine rings is 1. The molecule has 0 radical (unpaired) electrons. The molecule has 1 atom stereocenters. The van der Waals surface area contributed by atoms with Crippen molar-refractivity contribution in [3.8, 4) is 0 Å². The van der Waals surface area contributed by atoms with Crippen LogP contribution in [0.15, 0.2) is 29.2 Å². The lowest BCUT2D eigenvalue weighted by Crippen LogP contribution is -2.55. The van der Waals surface area contributed by atoms with Gasteiger partial charge >= 0.3 is 0 Å². The lowest BCUT2D eigenvalue weighted by atomic mass is 10.0. The van der Waals surface area contributed by atoms with Gasteiger partial charge in [-0.05, 0) is 26.0 Å². The molecule has 3 rings (SSSR count). The van der Waals surface area contributed by atoms with Gasteiger partial charge in [-0.15, -0.1) is 11.8 Å². The Balaban J connectivity index is 1.51. The van der Waals surface area contributed by atoms with Crippen LogP contribution in [0.3, 0.4) is 0 Å². The Bertz CT molecular complexity index is 644. The number of nitrogens with zero attached hydrogens (tertiary/aromatic N) is 1. The minimum Gasteiger partial charge on any atom is -0.379 e. The number of nitrogens with one attached hydrogen (secondary N) is 2. The standard InChI is InChI=1S/C18H25N3O3S/c1-18(2,21-7-9-24-10-8-21)12-19-16(22)11-15-17(23)20-13-5-3-4-6-14(13)25-15/h3-6,15H,7-12H2,1-2H3,(H,19,22)(H,20,23). The van der Waals surface area contributed by atoms with Gasteiger partial charge in [0.15, 0.2) is 0 Å². The van der Waals surface area contributed by atoms with E-state index in [9.17, 15) is 9.59 Å². The van der Waals surface area contributed by atoms with Crippen molar-refractivity contribution in [1.82, 2.24) is 10.2 Å². The van der Waals surface area contributed by atoms with Crippen molar-refractivity contribution in [1.29, 1.82) is 0 Å². The van der Waals surface area contributed by atoms with Crippen molar-refractivity contribution >= 4 is 29.3 Å². The normalized spacial score (nSPS) is 21.4. The van der Waals surface area contributed by atoms with Crippen molar-refractivity contribution in [2.45, 2.75) is 36.0 Å². The molecule has 1 saturated heterocycles. The molecule has 6 nitrogen and oxygen atoms in total. The number of hydrogen-bond donors (Lipinski definition) is 2. The zero-order chi connectivity index (χ0) is 17.9. The van der Waals surface area contributed by atoms with Crippen LogP contribution in [0.1, 0.15) is 20.3 Å². The first-order chi connectivity index (χ1) is 12.0. The van der Waals surface area contributed by atoms with E-state index in [4.69, 9.17) is 4.74 Å². The van der Waals surface area contributed by atoms with Crippen molar-refractivity contribution < 1.29 is 14.3 Å². The molecule has 1 aromatic carbocycles. The third-order valence-electron chi connectivity index (χ3n) is 4.66. The molecule has 1 aromatic rings. The number of thioether (sulfide) groups is 1. The van der Waals surface area contributed by atoms with Gasteiger partial charge in [0.2, 0.25) is 11.8 Å². The second-order valence-corrected chi connectivity index (χ2v) is 8.23. The van der Waals surface area contributed by atoms with Crippen molar-refractivity contribution in [3.05, 3.63) is 24.3 Å². The smallest absolute Gasteiger partial charge is 0.238 e. The number of para-hydroxylation sites is 1. The number of fused-ring (bicyclic) bond motifs is 1. The monoisotopic (exact) mass is 363 g/mol. The van der Waals surface area contributed by atoms with Gasteiger partial charge in [-0.25, -0.2) is 0 Å². The van der Waals surface area contributed by atoms with E-state index in [0.29, 0.717) is 6.54 Å². The number of carbonyl (C=O) groups is 2. The predicted octanol–water partition coefficient (Wildman–Crippen LogP) is 1.72.